The Morgan fingerprint density at radius 2 is 1.41 bits per heavy atom. The number of fused-ring (bicyclic) bond motifs is 3. The molecule has 15 nitrogen and oxygen atoms in total. The van der Waals surface area contributed by atoms with Crippen LogP contribution in [0.15, 0.2) is 40.9 Å². The summed E-state index contributed by atoms with van der Waals surface area (Å²) in [4.78, 5) is 41.1. The van der Waals surface area contributed by atoms with Crippen LogP contribution in [0.25, 0.3) is 0 Å². The third-order valence-corrected chi connectivity index (χ3v) is 11.9. The number of aliphatic hydroxyl groups excluding tert-OH is 3. The van der Waals surface area contributed by atoms with Gasteiger partial charge in [0.1, 0.15) is 23.2 Å². The second-order valence-electron chi connectivity index (χ2n) is 15.2. The molecule has 3 saturated heterocycles. The van der Waals surface area contributed by atoms with Crippen LogP contribution < -0.4 is 0 Å². The van der Waals surface area contributed by atoms with Gasteiger partial charge in [0.05, 0.1) is 60.6 Å². The fraction of sp³-hybridized carbons (Fsp3) is 0.667. The summed E-state index contributed by atoms with van der Waals surface area (Å²) in [7, 11) is 1.13. The van der Waals surface area contributed by atoms with Gasteiger partial charge in [-0.3, -0.25) is 14.4 Å². The van der Waals surface area contributed by atoms with Gasteiger partial charge in [-0.05, 0) is 58.4 Å². The number of benzene rings is 1. The molecule has 0 bridgehead atoms. The molecule has 13 atom stereocenters. The van der Waals surface area contributed by atoms with E-state index in [9.17, 15) is 39.9 Å². The smallest absolute Gasteiger partial charge is 0.316 e. The van der Waals surface area contributed by atoms with Crippen molar-refractivity contribution in [3.8, 4) is 5.75 Å². The molecule has 0 spiro atoms. The Kier molecular flexibility index (Phi) is 11.0. The topological polar surface area (TPSA) is 217 Å². The lowest BCUT2D eigenvalue weighted by Crippen LogP contribution is -2.55. The van der Waals surface area contributed by atoms with Gasteiger partial charge < -0.3 is 58.7 Å². The molecule has 13 unspecified atom stereocenters. The summed E-state index contributed by atoms with van der Waals surface area (Å²) in [6.45, 7) is 5.39. The Morgan fingerprint density at radius 3 is 2.00 bits per heavy atom. The fourth-order valence-electron chi connectivity index (χ4n) is 9.04. The Bertz CT molecular complexity index is 1700. The summed E-state index contributed by atoms with van der Waals surface area (Å²) in [5.41, 5.74) is -2.59. The van der Waals surface area contributed by atoms with Gasteiger partial charge in [-0.1, -0.05) is 19.1 Å². The highest BCUT2D eigenvalue weighted by molar-refractivity contribution is 6.19. The average Bonchev–Trinajstić information content (AvgIpc) is 3.13. The summed E-state index contributed by atoms with van der Waals surface area (Å²) >= 11 is 0. The van der Waals surface area contributed by atoms with E-state index in [1.807, 2.05) is 13.8 Å². The summed E-state index contributed by atoms with van der Waals surface area (Å²) in [6.07, 6.45) is -1.26. The summed E-state index contributed by atoms with van der Waals surface area (Å²) in [5, 5.41) is 56.2. The number of ketones is 2. The van der Waals surface area contributed by atoms with Crippen LogP contribution >= 0.6 is 0 Å². The van der Waals surface area contributed by atoms with Crippen molar-refractivity contribution < 1.29 is 73.1 Å². The van der Waals surface area contributed by atoms with Crippen molar-refractivity contribution in [3.05, 3.63) is 52.0 Å². The zero-order valence-electron chi connectivity index (χ0n) is 30.8. The first-order valence-corrected chi connectivity index (χ1v) is 18.9. The normalized spacial score (nSPS) is 39.8. The van der Waals surface area contributed by atoms with Crippen LogP contribution in [0.3, 0.4) is 0 Å². The molecule has 3 aliphatic carbocycles. The molecule has 3 aliphatic heterocycles. The van der Waals surface area contributed by atoms with Crippen LogP contribution in [0.5, 0.6) is 5.75 Å². The van der Waals surface area contributed by atoms with Gasteiger partial charge in [-0.25, -0.2) is 0 Å². The Morgan fingerprint density at radius 1 is 0.815 bits per heavy atom. The van der Waals surface area contributed by atoms with E-state index >= 15 is 0 Å². The maximum Gasteiger partial charge on any atom is 0.316 e. The van der Waals surface area contributed by atoms with Gasteiger partial charge in [0.2, 0.25) is 0 Å². The molecule has 6 aliphatic rings. The average molecular weight is 759 g/mol. The number of allylic oxidation sites excluding steroid dienone is 2. The minimum atomic E-state index is -1.85. The lowest BCUT2D eigenvalue weighted by Gasteiger charge is -2.49. The molecule has 4 fully saturated rings. The summed E-state index contributed by atoms with van der Waals surface area (Å²) in [6, 6.07) is 3.99. The highest BCUT2D eigenvalue weighted by atomic mass is 16.7. The Balaban J connectivity index is 1.09. The predicted molar refractivity (Wildman–Crippen MR) is 185 cm³/mol. The molecule has 1 aromatic carbocycles. The molecular formula is C39H50O15. The molecule has 1 aromatic rings. The number of carbonyl (C=O) groups excluding carboxylic acids is 3. The van der Waals surface area contributed by atoms with Crippen LogP contribution in [0.2, 0.25) is 0 Å². The van der Waals surface area contributed by atoms with Gasteiger partial charge in [0.25, 0.3) is 0 Å². The zero-order chi connectivity index (χ0) is 38.6. The van der Waals surface area contributed by atoms with Crippen LogP contribution in [0.1, 0.15) is 99.3 Å². The van der Waals surface area contributed by atoms with Gasteiger partial charge in [0, 0.05) is 36.0 Å². The number of carbonyl (C=O) groups is 3. The first-order chi connectivity index (χ1) is 25.8. The maximum absolute atomic E-state index is 13.9. The molecule has 3 heterocycles. The van der Waals surface area contributed by atoms with E-state index in [2.05, 4.69) is 0 Å². The van der Waals surface area contributed by atoms with Crippen molar-refractivity contribution in [2.45, 2.75) is 140 Å². The molecule has 0 amide bonds. The molecule has 15 heteroatoms. The van der Waals surface area contributed by atoms with Crippen molar-refractivity contribution in [3.63, 3.8) is 0 Å². The highest BCUT2D eigenvalue weighted by Gasteiger charge is 2.60. The Labute approximate surface area is 312 Å². The minimum Gasteiger partial charge on any atom is -0.511 e. The molecule has 5 N–H and O–H groups in total. The number of ether oxygens (including phenoxy) is 7. The molecule has 54 heavy (non-hydrogen) atoms. The molecule has 0 radical (unpaired) electrons. The number of Topliss-reactive ketones (excluding diaryl/α,β-unsaturated/α-hetero) is 2. The quantitative estimate of drug-likeness (QED) is 0.237. The standard InChI is InChI=1S/C39H50O15/c1-5-39(47)16-23(53-27-15-13-22(18(3)50-27)52-26-14-12-21(17(2)49-26)51-25-11-7-10-24(41)54-25)29-30(33(39)38(46)48-4)37(45)31-32(36(29)44)35(43)28-19(34(31)42)8-6-9-20(28)40/h6,8-9,17-18,21-27,31-33,40-41,44-45,47H,5,7,10-16H2,1-4H3. The first kappa shape index (κ1) is 38.8. The van der Waals surface area contributed by atoms with Crippen molar-refractivity contribution in [2.75, 3.05) is 7.11 Å². The number of aromatic hydroxyl groups is 1. The molecular weight excluding hydrogens is 708 g/mol. The van der Waals surface area contributed by atoms with E-state index < -0.39 is 95.5 Å². The SMILES string of the molecule is CCC1(O)CC(OC2CCC(OC3CCC(OC4CCCC(O)O4)C(C)O3)C(C)O2)C2=C(O)C3C(=O)c4c(O)cccc4C(=O)C3C(O)=C2C1C(=O)OC. The third kappa shape index (κ3) is 6.87. The van der Waals surface area contributed by atoms with E-state index in [4.69, 9.17) is 33.2 Å². The van der Waals surface area contributed by atoms with E-state index in [0.717, 1.165) is 13.5 Å². The van der Waals surface area contributed by atoms with Crippen LogP contribution in [0, 0.1) is 17.8 Å². The Hall–Kier alpha value is -3.41. The van der Waals surface area contributed by atoms with E-state index in [1.54, 1.807) is 6.92 Å². The van der Waals surface area contributed by atoms with Crippen molar-refractivity contribution in [1.29, 1.82) is 0 Å². The van der Waals surface area contributed by atoms with Gasteiger partial charge in [-0.2, -0.15) is 0 Å². The third-order valence-electron chi connectivity index (χ3n) is 11.9. The van der Waals surface area contributed by atoms with Gasteiger partial charge in [-0.15, -0.1) is 0 Å². The molecule has 0 aromatic heterocycles. The van der Waals surface area contributed by atoms with Crippen LogP contribution in [-0.2, 0) is 38.0 Å². The van der Waals surface area contributed by atoms with Crippen LogP contribution in [0.4, 0.5) is 0 Å². The van der Waals surface area contributed by atoms with E-state index in [-0.39, 0.29) is 53.4 Å². The lowest BCUT2D eigenvalue weighted by molar-refractivity contribution is -0.312. The maximum atomic E-state index is 13.9. The molecule has 1 saturated carbocycles. The largest absolute Gasteiger partial charge is 0.511 e. The number of esters is 1. The molecule has 7 rings (SSSR count). The second-order valence-corrected chi connectivity index (χ2v) is 15.2. The number of methoxy groups -OCH3 is 1. The molecule has 296 valence electrons. The van der Waals surface area contributed by atoms with Crippen molar-refractivity contribution >= 4 is 17.5 Å². The number of aliphatic hydroxyl groups is 4. The number of rotatable bonds is 8. The van der Waals surface area contributed by atoms with Gasteiger partial charge in [0.15, 0.2) is 36.7 Å². The zero-order valence-corrected chi connectivity index (χ0v) is 30.8. The fourth-order valence-corrected chi connectivity index (χ4v) is 9.04. The predicted octanol–water partition coefficient (Wildman–Crippen LogP) is 4.03. The monoisotopic (exact) mass is 758 g/mol. The van der Waals surface area contributed by atoms with E-state index in [0.29, 0.717) is 38.5 Å². The van der Waals surface area contributed by atoms with Crippen LogP contribution in [-0.4, -0.2) is 111 Å². The van der Waals surface area contributed by atoms with Crippen molar-refractivity contribution in [2.24, 2.45) is 17.8 Å². The summed E-state index contributed by atoms with van der Waals surface area (Å²) < 4.78 is 41.9. The second kappa shape index (κ2) is 15.3. The van der Waals surface area contributed by atoms with Gasteiger partial charge >= 0.3 is 5.97 Å². The number of hydrogen-bond donors (Lipinski definition) is 5. The lowest BCUT2D eigenvalue weighted by atomic mass is 9.59. The van der Waals surface area contributed by atoms with E-state index in [1.165, 1.54) is 18.2 Å². The number of hydrogen-bond acceptors (Lipinski definition) is 15. The van der Waals surface area contributed by atoms with Crippen molar-refractivity contribution in [1.82, 2.24) is 0 Å². The summed E-state index contributed by atoms with van der Waals surface area (Å²) in [5.74, 6) is -8.86. The first-order valence-electron chi connectivity index (χ1n) is 18.9. The number of phenolic OH excluding ortho intramolecular Hbond substituents is 1. The minimum absolute atomic E-state index is 0.00824. The highest BCUT2D eigenvalue weighted by Crippen LogP contribution is 2.54. The number of phenols is 1.